The van der Waals surface area contributed by atoms with Gasteiger partial charge in [0.25, 0.3) is 5.91 Å². The molecule has 0 aromatic heterocycles. The van der Waals surface area contributed by atoms with E-state index >= 15 is 0 Å². The molecule has 2 aromatic rings. The van der Waals surface area contributed by atoms with Crippen LogP contribution in [0.1, 0.15) is 30.1 Å². The molecule has 120 valence electrons. The van der Waals surface area contributed by atoms with E-state index in [2.05, 4.69) is 17.1 Å². The van der Waals surface area contributed by atoms with E-state index in [0.717, 1.165) is 24.7 Å². The van der Waals surface area contributed by atoms with E-state index in [9.17, 15) is 9.18 Å². The van der Waals surface area contributed by atoms with Crippen LogP contribution in [0.15, 0.2) is 48.5 Å². The molecule has 1 amide bonds. The number of amides is 1. The molecule has 1 saturated heterocycles. The molecule has 0 saturated carbocycles. The summed E-state index contributed by atoms with van der Waals surface area (Å²) in [6, 6.07) is 13.4. The number of nitrogens with one attached hydrogen (secondary N) is 1. The zero-order valence-electron chi connectivity index (χ0n) is 13.3. The molecule has 3 nitrogen and oxygen atoms in total. The molecule has 1 atom stereocenters. The van der Waals surface area contributed by atoms with Gasteiger partial charge >= 0.3 is 0 Å². The van der Waals surface area contributed by atoms with Gasteiger partial charge in [-0.05, 0) is 67.3 Å². The van der Waals surface area contributed by atoms with Gasteiger partial charge in [0.15, 0.2) is 0 Å². The van der Waals surface area contributed by atoms with Crippen LogP contribution < -0.4 is 10.2 Å². The zero-order chi connectivity index (χ0) is 16.2. The second kappa shape index (κ2) is 6.82. The highest BCUT2D eigenvalue weighted by Crippen LogP contribution is 2.24. The SMILES string of the molecule is CC1CCCN(c2ccc(NC(=O)c3ccc(F)cc3)cc2)C1. The van der Waals surface area contributed by atoms with E-state index in [1.807, 2.05) is 24.3 Å². The Balaban J connectivity index is 1.65. The van der Waals surface area contributed by atoms with Crippen molar-refractivity contribution in [2.75, 3.05) is 23.3 Å². The Morgan fingerprint density at radius 1 is 1.13 bits per heavy atom. The van der Waals surface area contributed by atoms with E-state index in [-0.39, 0.29) is 11.7 Å². The van der Waals surface area contributed by atoms with Gasteiger partial charge in [-0.25, -0.2) is 4.39 Å². The van der Waals surface area contributed by atoms with Crippen LogP contribution in [0.5, 0.6) is 0 Å². The van der Waals surface area contributed by atoms with Crippen LogP contribution in [0.2, 0.25) is 0 Å². The van der Waals surface area contributed by atoms with E-state index < -0.39 is 0 Å². The highest BCUT2D eigenvalue weighted by atomic mass is 19.1. The maximum Gasteiger partial charge on any atom is 0.255 e. The molecule has 23 heavy (non-hydrogen) atoms. The summed E-state index contributed by atoms with van der Waals surface area (Å²) in [4.78, 5) is 14.5. The van der Waals surface area contributed by atoms with E-state index in [4.69, 9.17) is 0 Å². The molecule has 1 aliphatic rings. The molecule has 1 N–H and O–H groups in total. The largest absolute Gasteiger partial charge is 0.371 e. The second-order valence-electron chi connectivity index (χ2n) is 6.20. The minimum atomic E-state index is -0.346. The summed E-state index contributed by atoms with van der Waals surface area (Å²) in [5, 5.41) is 2.84. The Bertz CT molecular complexity index is 667. The number of carbonyl (C=O) groups excluding carboxylic acids is 1. The standard InChI is InChI=1S/C19H21FN2O/c1-14-3-2-12-22(13-14)18-10-8-17(9-11-18)21-19(23)15-4-6-16(20)7-5-15/h4-11,14H,2-3,12-13H2,1H3,(H,21,23). The maximum absolute atomic E-state index is 12.9. The summed E-state index contributed by atoms with van der Waals surface area (Å²) < 4.78 is 12.9. The molecule has 0 aliphatic carbocycles. The van der Waals surface area contributed by atoms with Crippen molar-refractivity contribution in [1.29, 1.82) is 0 Å². The lowest BCUT2D eigenvalue weighted by Crippen LogP contribution is -2.34. The number of piperidine rings is 1. The lowest BCUT2D eigenvalue weighted by atomic mass is 10.00. The Labute approximate surface area is 136 Å². The van der Waals surface area contributed by atoms with Gasteiger partial charge in [-0.1, -0.05) is 6.92 Å². The Kier molecular flexibility index (Phi) is 4.60. The second-order valence-corrected chi connectivity index (χ2v) is 6.20. The van der Waals surface area contributed by atoms with Gasteiger partial charge in [-0.15, -0.1) is 0 Å². The maximum atomic E-state index is 12.9. The highest BCUT2D eigenvalue weighted by molar-refractivity contribution is 6.04. The Hall–Kier alpha value is -2.36. The highest BCUT2D eigenvalue weighted by Gasteiger charge is 2.16. The van der Waals surface area contributed by atoms with Crippen LogP contribution in [0.3, 0.4) is 0 Å². The quantitative estimate of drug-likeness (QED) is 0.915. The van der Waals surface area contributed by atoms with Gasteiger partial charge in [-0.3, -0.25) is 4.79 Å². The van der Waals surface area contributed by atoms with Crippen LogP contribution in [0.4, 0.5) is 15.8 Å². The molecular weight excluding hydrogens is 291 g/mol. The number of nitrogens with zero attached hydrogens (tertiary/aromatic N) is 1. The third-order valence-electron chi connectivity index (χ3n) is 4.25. The third-order valence-corrected chi connectivity index (χ3v) is 4.25. The smallest absolute Gasteiger partial charge is 0.255 e. The van der Waals surface area contributed by atoms with Crippen LogP contribution in [0, 0.1) is 11.7 Å². The lowest BCUT2D eigenvalue weighted by molar-refractivity contribution is 0.102. The molecule has 1 fully saturated rings. The van der Waals surface area contributed by atoms with Crippen LogP contribution in [0.25, 0.3) is 0 Å². The normalized spacial score (nSPS) is 17.8. The van der Waals surface area contributed by atoms with Crippen LogP contribution in [-0.4, -0.2) is 19.0 Å². The zero-order valence-corrected chi connectivity index (χ0v) is 13.3. The first-order valence-corrected chi connectivity index (χ1v) is 8.04. The average Bonchev–Trinajstić information content (AvgIpc) is 2.56. The van der Waals surface area contributed by atoms with E-state index in [0.29, 0.717) is 5.56 Å². The minimum Gasteiger partial charge on any atom is -0.371 e. The number of benzene rings is 2. The first-order valence-electron chi connectivity index (χ1n) is 8.04. The van der Waals surface area contributed by atoms with Crippen LogP contribution >= 0.6 is 0 Å². The van der Waals surface area contributed by atoms with Crippen molar-refractivity contribution in [3.8, 4) is 0 Å². The van der Waals surface area contributed by atoms with Crippen LogP contribution in [-0.2, 0) is 0 Å². The van der Waals surface area contributed by atoms with Gasteiger partial charge < -0.3 is 10.2 Å². The summed E-state index contributed by atoms with van der Waals surface area (Å²) >= 11 is 0. The first-order chi connectivity index (χ1) is 11.1. The van der Waals surface area contributed by atoms with Crippen molar-refractivity contribution in [2.24, 2.45) is 5.92 Å². The molecule has 0 spiro atoms. The number of carbonyl (C=O) groups is 1. The summed E-state index contributed by atoms with van der Waals surface area (Å²) in [7, 11) is 0. The lowest BCUT2D eigenvalue weighted by Gasteiger charge is -2.32. The van der Waals surface area contributed by atoms with E-state index in [1.54, 1.807) is 0 Å². The monoisotopic (exact) mass is 312 g/mol. The fourth-order valence-electron chi connectivity index (χ4n) is 2.98. The first kappa shape index (κ1) is 15.5. The molecule has 0 bridgehead atoms. The number of anilines is 2. The number of hydrogen-bond acceptors (Lipinski definition) is 2. The predicted octanol–water partition coefficient (Wildman–Crippen LogP) is 4.31. The molecule has 3 rings (SSSR count). The van der Waals surface area contributed by atoms with Gasteiger partial charge in [0.1, 0.15) is 5.82 Å². The predicted molar refractivity (Wildman–Crippen MR) is 91.4 cm³/mol. The van der Waals surface area contributed by atoms with Crippen molar-refractivity contribution in [3.05, 3.63) is 59.9 Å². The molecule has 1 heterocycles. The molecule has 2 aromatic carbocycles. The van der Waals surface area contributed by atoms with Gasteiger partial charge in [0.05, 0.1) is 0 Å². The Morgan fingerprint density at radius 2 is 1.83 bits per heavy atom. The number of halogens is 1. The molecule has 1 unspecified atom stereocenters. The van der Waals surface area contributed by atoms with Crippen molar-refractivity contribution >= 4 is 17.3 Å². The minimum absolute atomic E-state index is 0.232. The fourth-order valence-corrected chi connectivity index (χ4v) is 2.98. The fraction of sp³-hybridized carbons (Fsp3) is 0.316. The summed E-state index contributed by atoms with van der Waals surface area (Å²) in [5.74, 6) is 0.146. The van der Waals surface area contributed by atoms with Gasteiger partial charge in [0.2, 0.25) is 0 Å². The van der Waals surface area contributed by atoms with Crippen molar-refractivity contribution in [2.45, 2.75) is 19.8 Å². The average molecular weight is 312 g/mol. The molecule has 4 heteroatoms. The Morgan fingerprint density at radius 3 is 2.48 bits per heavy atom. The van der Waals surface area contributed by atoms with Crippen molar-refractivity contribution in [1.82, 2.24) is 0 Å². The number of hydrogen-bond donors (Lipinski definition) is 1. The summed E-state index contributed by atoms with van der Waals surface area (Å²) in [6.07, 6.45) is 2.52. The topological polar surface area (TPSA) is 32.3 Å². The van der Waals surface area contributed by atoms with Crippen molar-refractivity contribution in [3.63, 3.8) is 0 Å². The van der Waals surface area contributed by atoms with Gasteiger partial charge in [-0.2, -0.15) is 0 Å². The molecule has 0 radical (unpaired) electrons. The molecule has 1 aliphatic heterocycles. The van der Waals surface area contributed by atoms with Gasteiger partial charge in [0, 0.05) is 30.0 Å². The summed E-state index contributed by atoms with van der Waals surface area (Å²) in [6.45, 7) is 4.45. The van der Waals surface area contributed by atoms with Crippen molar-refractivity contribution < 1.29 is 9.18 Å². The molecular formula is C19H21FN2O. The third kappa shape index (κ3) is 3.89. The van der Waals surface area contributed by atoms with E-state index in [1.165, 1.54) is 42.8 Å². The number of rotatable bonds is 3. The summed E-state index contributed by atoms with van der Waals surface area (Å²) in [5.41, 5.74) is 2.38.